The first-order valence-corrected chi connectivity index (χ1v) is 7.96. The van der Waals surface area contributed by atoms with E-state index >= 15 is 0 Å². The number of aromatic nitrogens is 3. The summed E-state index contributed by atoms with van der Waals surface area (Å²) in [4.78, 5) is 0. The van der Waals surface area contributed by atoms with E-state index in [2.05, 4.69) is 70.2 Å². The highest BCUT2D eigenvalue weighted by Gasteiger charge is 2.16. The van der Waals surface area contributed by atoms with Crippen LogP contribution in [0.15, 0.2) is 84.9 Å². The summed E-state index contributed by atoms with van der Waals surface area (Å²) in [5.74, 6) is 1.69. The molecule has 24 heavy (non-hydrogen) atoms. The molecule has 0 bridgehead atoms. The zero-order valence-corrected chi connectivity index (χ0v) is 13.4. The second-order valence-corrected chi connectivity index (χ2v) is 5.75. The molecule has 0 saturated heterocycles. The number of para-hydroxylation sites is 1. The van der Waals surface area contributed by atoms with Crippen LogP contribution in [0.3, 0.4) is 0 Å². The molecule has 0 fully saturated rings. The molecule has 116 valence electrons. The van der Waals surface area contributed by atoms with Crippen LogP contribution in [0.25, 0.3) is 28.5 Å². The van der Waals surface area contributed by atoms with E-state index in [4.69, 9.17) is 0 Å². The predicted octanol–water partition coefficient (Wildman–Crippen LogP) is 4.91. The van der Waals surface area contributed by atoms with Gasteiger partial charge in [-0.15, -0.1) is 10.2 Å². The minimum Gasteiger partial charge on any atom is -0.275 e. The van der Waals surface area contributed by atoms with E-state index in [1.807, 2.05) is 36.4 Å². The average molecular weight is 311 g/mol. The van der Waals surface area contributed by atoms with Crippen LogP contribution in [0, 0.1) is 6.92 Å². The molecule has 1 aromatic heterocycles. The molecule has 3 aromatic carbocycles. The molecule has 3 nitrogen and oxygen atoms in total. The zero-order chi connectivity index (χ0) is 16.4. The van der Waals surface area contributed by atoms with Gasteiger partial charge in [0.25, 0.3) is 0 Å². The van der Waals surface area contributed by atoms with Crippen molar-refractivity contribution in [3.05, 3.63) is 90.5 Å². The molecular formula is C21H17N3. The van der Waals surface area contributed by atoms with Gasteiger partial charge in [-0.25, -0.2) is 0 Å². The third kappa shape index (κ3) is 2.61. The summed E-state index contributed by atoms with van der Waals surface area (Å²) in [6.45, 7) is 2.08. The van der Waals surface area contributed by atoms with Crippen molar-refractivity contribution in [2.75, 3.05) is 0 Å². The summed E-state index contributed by atoms with van der Waals surface area (Å²) in [6.07, 6.45) is 0. The molecular weight excluding hydrogens is 294 g/mol. The quantitative estimate of drug-likeness (QED) is 0.538. The van der Waals surface area contributed by atoms with E-state index in [1.54, 1.807) is 0 Å². The summed E-state index contributed by atoms with van der Waals surface area (Å²) in [6, 6.07) is 28.8. The lowest BCUT2D eigenvalue weighted by atomic mass is 10.1. The Balaban J connectivity index is 1.95. The number of nitrogens with zero attached hydrogens (tertiary/aromatic N) is 3. The highest BCUT2D eigenvalue weighted by Crippen LogP contribution is 2.28. The van der Waals surface area contributed by atoms with Crippen molar-refractivity contribution < 1.29 is 0 Å². The summed E-state index contributed by atoms with van der Waals surface area (Å²) in [7, 11) is 0. The van der Waals surface area contributed by atoms with Gasteiger partial charge in [0.1, 0.15) is 0 Å². The minimum absolute atomic E-state index is 0.845. The number of rotatable bonds is 3. The van der Waals surface area contributed by atoms with Gasteiger partial charge in [-0.1, -0.05) is 78.4 Å². The van der Waals surface area contributed by atoms with Crippen LogP contribution >= 0.6 is 0 Å². The molecule has 4 aromatic rings. The molecule has 3 heteroatoms. The molecule has 0 aliphatic carbocycles. The van der Waals surface area contributed by atoms with Crippen molar-refractivity contribution in [2.45, 2.75) is 6.92 Å². The van der Waals surface area contributed by atoms with Gasteiger partial charge >= 0.3 is 0 Å². The smallest absolute Gasteiger partial charge is 0.168 e. The third-order valence-electron chi connectivity index (χ3n) is 4.02. The largest absolute Gasteiger partial charge is 0.275 e. The van der Waals surface area contributed by atoms with Crippen LogP contribution in [0.2, 0.25) is 0 Å². The fourth-order valence-corrected chi connectivity index (χ4v) is 2.77. The lowest BCUT2D eigenvalue weighted by Crippen LogP contribution is -2.00. The topological polar surface area (TPSA) is 30.7 Å². The Kier molecular flexibility index (Phi) is 3.67. The maximum Gasteiger partial charge on any atom is 0.168 e. The van der Waals surface area contributed by atoms with E-state index < -0.39 is 0 Å². The van der Waals surface area contributed by atoms with Gasteiger partial charge in [-0.05, 0) is 19.1 Å². The number of hydrogen-bond acceptors (Lipinski definition) is 2. The standard InChI is InChI=1S/C21H17N3/c1-16-12-14-18(15-13-16)21-23-22-20(17-8-4-2-5-9-17)24(21)19-10-6-3-7-11-19/h2-15H,1H3. The van der Waals surface area contributed by atoms with Gasteiger partial charge in [-0.3, -0.25) is 4.57 Å². The number of benzene rings is 3. The van der Waals surface area contributed by atoms with Crippen molar-refractivity contribution in [1.29, 1.82) is 0 Å². The van der Waals surface area contributed by atoms with Gasteiger partial charge in [0.2, 0.25) is 0 Å². The van der Waals surface area contributed by atoms with Crippen molar-refractivity contribution in [1.82, 2.24) is 14.8 Å². The maximum atomic E-state index is 4.48. The fraction of sp³-hybridized carbons (Fsp3) is 0.0476. The molecule has 0 N–H and O–H groups in total. The molecule has 1 heterocycles. The molecule has 0 aliphatic rings. The molecule has 0 unspecified atom stereocenters. The van der Waals surface area contributed by atoms with Crippen LogP contribution in [0.1, 0.15) is 5.56 Å². The van der Waals surface area contributed by atoms with E-state index in [0.29, 0.717) is 0 Å². The van der Waals surface area contributed by atoms with E-state index in [9.17, 15) is 0 Å². The predicted molar refractivity (Wildman–Crippen MR) is 97.0 cm³/mol. The molecule has 0 amide bonds. The summed E-state index contributed by atoms with van der Waals surface area (Å²) < 4.78 is 2.11. The molecule has 4 rings (SSSR count). The average Bonchev–Trinajstić information content (AvgIpc) is 3.09. The van der Waals surface area contributed by atoms with Crippen molar-refractivity contribution in [2.24, 2.45) is 0 Å². The maximum absolute atomic E-state index is 4.48. The van der Waals surface area contributed by atoms with Crippen molar-refractivity contribution in [3.63, 3.8) is 0 Å². The van der Waals surface area contributed by atoms with Crippen LogP contribution in [0.5, 0.6) is 0 Å². The lowest BCUT2D eigenvalue weighted by Gasteiger charge is -2.11. The third-order valence-corrected chi connectivity index (χ3v) is 4.02. The Morgan fingerprint density at radius 3 is 1.67 bits per heavy atom. The highest BCUT2D eigenvalue weighted by molar-refractivity contribution is 5.66. The zero-order valence-electron chi connectivity index (χ0n) is 13.4. The van der Waals surface area contributed by atoms with E-state index in [1.165, 1.54) is 5.56 Å². The summed E-state index contributed by atoms with van der Waals surface area (Å²) in [5, 5.41) is 8.96. The Morgan fingerprint density at radius 1 is 0.583 bits per heavy atom. The van der Waals surface area contributed by atoms with Crippen LogP contribution in [-0.4, -0.2) is 14.8 Å². The molecule has 0 saturated carbocycles. The van der Waals surface area contributed by atoms with Gasteiger partial charge in [0, 0.05) is 16.8 Å². The monoisotopic (exact) mass is 311 g/mol. The summed E-state index contributed by atoms with van der Waals surface area (Å²) in [5.41, 5.74) is 4.39. The van der Waals surface area contributed by atoms with E-state index in [-0.39, 0.29) is 0 Å². The van der Waals surface area contributed by atoms with Crippen LogP contribution < -0.4 is 0 Å². The Bertz CT molecular complexity index is 940. The summed E-state index contributed by atoms with van der Waals surface area (Å²) >= 11 is 0. The highest BCUT2D eigenvalue weighted by atomic mass is 15.3. The normalized spacial score (nSPS) is 10.7. The number of aryl methyl sites for hydroxylation is 1. The minimum atomic E-state index is 0.845. The van der Waals surface area contributed by atoms with Gasteiger partial charge in [0.05, 0.1) is 0 Å². The second-order valence-electron chi connectivity index (χ2n) is 5.75. The Labute approximate surface area is 141 Å². The SMILES string of the molecule is Cc1ccc(-c2nnc(-c3ccccc3)n2-c2ccccc2)cc1. The Hall–Kier alpha value is -3.20. The van der Waals surface area contributed by atoms with E-state index in [0.717, 1.165) is 28.5 Å². The van der Waals surface area contributed by atoms with Gasteiger partial charge < -0.3 is 0 Å². The second kappa shape index (κ2) is 6.13. The van der Waals surface area contributed by atoms with Crippen molar-refractivity contribution >= 4 is 0 Å². The first kappa shape index (κ1) is 14.4. The molecule has 0 radical (unpaired) electrons. The molecule has 0 aliphatic heterocycles. The molecule has 0 atom stereocenters. The van der Waals surface area contributed by atoms with Crippen LogP contribution in [-0.2, 0) is 0 Å². The fourth-order valence-electron chi connectivity index (χ4n) is 2.77. The lowest BCUT2D eigenvalue weighted by molar-refractivity contribution is 1.07. The molecule has 0 spiro atoms. The number of hydrogen-bond donors (Lipinski definition) is 0. The van der Waals surface area contributed by atoms with Gasteiger partial charge in [-0.2, -0.15) is 0 Å². The Morgan fingerprint density at radius 2 is 1.08 bits per heavy atom. The van der Waals surface area contributed by atoms with Crippen molar-refractivity contribution in [3.8, 4) is 28.5 Å². The van der Waals surface area contributed by atoms with Gasteiger partial charge in [0.15, 0.2) is 11.6 Å². The van der Waals surface area contributed by atoms with Crippen LogP contribution in [0.4, 0.5) is 0 Å². The first-order valence-electron chi connectivity index (χ1n) is 7.96. The first-order chi connectivity index (χ1) is 11.8.